The predicted octanol–water partition coefficient (Wildman–Crippen LogP) is 2.82. The average Bonchev–Trinajstić information content (AvgIpc) is 2.28. The van der Waals surface area contributed by atoms with Crippen molar-refractivity contribution in [2.24, 2.45) is 0 Å². The third-order valence-corrected chi connectivity index (χ3v) is 4.19. The highest BCUT2D eigenvalue weighted by molar-refractivity contribution is 7.99. The smallest absolute Gasteiger partial charge is 0.217 e. The Balaban J connectivity index is 2.48. The minimum absolute atomic E-state index is 0.000463. The van der Waals surface area contributed by atoms with Gasteiger partial charge in [0.1, 0.15) is 11.6 Å². The molecule has 18 heavy (non-hydrogen) atoms. The summed E-state index contributed by atoms with van der Waals surface area (Å²) in [5.74, 6) is 0.137. The molecule has 0 spiro atoms. The molecule has 1 aromatic rings. The minimum Gasteiger partial charge on any atom is -0.347 e. The molecule has 98 valence electrons. The van der Waals surface area contributed by atoms with E-state index in [1.54, 1.807) is 11.8 Å². The van der Waals surface area contributed by atoms with Gasteiger partial charge in [-0.3, -0.25) is 4.79 Å². The van der Waals surface area contributed by atoms with Crippen molar-refractivity contribution in [3.8, 4) is 0 Å². The van der Waals surface area contributed by atoms with Crippen LogP contribution in [-0.2, 0) is 10.3 Å². The second-order valence-corrected chi connectivity index (χ2v) is 5.70. The highest BCUT2D eigenvalue weighted by atomic mass is 32.2. The summed E-state index contributed by atoms with van der Waals surface area (Å²) >= 11 is 1.73. The van der Waals surface area contributed by atoms with Crippen LogP contribution in [0.15, 0.2) is 18.2 Å². The lowest BCUT2D eigenvalue weighted by atomic mass is 9.83. The van der Waals surface area contributed by atoms with Crippen molar-refractivity contribution in [3.05, 3.63) is 35.4 Å². The third-order valence-electron chi connectivity index (χ3n) is 3.20. The number of hydrogen-bond donors (Lipinski definition) is 1. The number of nitrogens with one attached hydrogen (secondary N) is 1. The Hall–Kier alpha value is -1.10. The van der Waals surface area contributed by atoms with Crippen LogP contribution in [0, 0.1) is 11.6 Å². The van der Waals surface area contributed by atoms with E-state index in [0.717, 1.165) is 11.5 Å². The van der Waals surface area contributed by atoms with Crippen molar-refractivity contribution in [1.29, 1.82) is 0 Å². The summed E-state index contributed by atoms with van der Waals surface area (Å²) in [6.07, 6.45) is 1.10. The van der Waals surface area contributed by atoms with Crippen molar-refractivity contribution in [2.75, 3.05) is 11.5 Å². The second kappa shape index (κ2) is 5.26. The molecule has 2 rings (SSSR count). The molecule has 1 amide bonds. The van der Waals surface area contributed by atoms with Gasteiger partial charge in [-0.05, 0) is 36.5 Å². The van der Waals surface area contributed by atoms with E-state index < -0.39 is 17.2 Å². The van der Waals surface area contributed by atoms with Gasteiger partial charge in [-0.15, -0.1) is 0 Å². The lowest BCUT2D eigenvalue weighted by Gasteiger charge is -2.38. The molecule has 0 bridgehead atoms. The first-order valence-corrected chi connectivity index (χ1v) is 7.02. The largest absolute Gasteiger partial charge is 0.347 e. The maximum absolute atomic E-state index is 13.9. The number of carbonyl (C=O) groups excluding carboxylic acids is 1. The Bertz CT molecular complexity index is 438. The van der Waals surface area contributed by atoms with E-state index in [4.69, 9.17) is 0 Å². The first-order chi connectivity index (χ1) is 8.55. The first-order valence-electron chi connectivity index (χ1n) is 5.86. The maximum atomic E-state index is 13.9. The molecule has 0 aromatic heterocycles. The van der Waals surface area contributed by atoms with E-state index in [2.05, 4.69) is 5.32 Å². The van der Waals surface area contributed by atoms with Gasteiger partial charge in [0, 0.05) is 12.5 Å². The molecule has 0 aliphatic carbocycles. The van der Waals surface area contributed by atoms with Gasteiger partial charge in [0.2, 0.25) is 5.91 Å². The molecule has 1 fully saturated rings. The van der Waals surface area contributed by atoms with Crippen molar-refractivity contribution in [3.63, 3.8) is 0 Å². The van der Waals surface area contributed by atoms with E-state index in [0.29, 0.717) is 12.8 Å². The van der Waals surface area contributed by atoms with Gasteiger partial charge in [0.25, 0.3) is 0 Å². The first kappa shape index (κ1) is 13.3. The molecule has 2 nitrogen and oxygen atoms in total. The molecular formula is C13H15F2NOS. The van der Waals surface area contributed by atoms with Gasteiger partial charge in [-0.25, -0.2) is 8.78 Å². The van der Waals surface area contributed by atoms with Gasteiger partial charge < -0.3 is 5.32 Å². The zero-order chi connectivity index (χ0) is 13.2. The van der Waals surface area contributed by atoms with Crippen LogP contribution in [-0.4, -0.2) is 17.4 Å². The van der Waals surface area contributed by atoms with Gasteiger partial charge in [0.05, 0.1) is 5.54 Å². The molecule has 1 aromatic carbocycles. The summed E-state index contributed by atoms with van der Waals surface area (Å²) in [5, 5.41) is 2.76. The Morgan fingerprint density at radius 2 is 1.83 bits per heavy atom. The molecule has 1 aliphatic rings. The van der Waals surface area contributed by atoms with Crippen molar-refractivity contribution in [1.82, 2.24) is 5.32 Å². The summed E-state index contributed by atoms with van der Waals surface area (Å²) in [5.41, 5.74) is -0.896. The predicted molar refractivity (Wildman–Crippen MR) is 68.4 cm³/mol. The lowest BCUT2D eigenvalue weighted by Crippen LogP contribution is -2.48. The number of thioether (sulfide) groups is 1. The van der Waals surface area contributed by atoms with E-state index in [-0.39, 0.29) is 11.5 Å². The van der Waals surface area contributed by atoms with Crippen LogP contribution in [0.2, 0.25) is 0 Å². The Morgan fingerprint density at radius 3 is 2.33 bits per heavy atom. The fourth-order valence-corrected chi connectivity index (χ4v) is 3.64. The molecule has 0 saturated carbocycles. The van der Waals surface area contributed by atoms with Crippen molar-refractivity contribution >= 4 is 17.7 Å². The third kappa shape index (κ3) is 2.51. The number of halogens is 2. The SMILES string of the molecule is CC(=O)NC1(c2c(F)cccc2F)CCSCC1. The summed E-state index contributed by atoms with van der Waals surface area (Å²) in [6.45, 7) is 1.38. The van der Waals surface area contributed by atoms with Gasteiger partial charge in [-0.1, -0.05) is 6.07 Å². The molecule has 1 N–H and O–H groups in total. The standard InChI is InChI=1S/C13H15F2NOS/c1-9(17)16-13(5-7-18-8-6-13)12-10(14)3-2-4-11(12)15/h2-4H,5-8H2,1H3,(H,16,17). The van der Waals surface area contributed by atoms with Crippen LogP contribution >= 0.6 is 11.8 Å². The molecule has 1 aliphatic heterocycles. The Labute approximate surface area is 109 Å². The number of amides is 1. The number of benzene rings is 1. The summed E-state index contributed by atoms with van der Waals surface area (Å²) in [7, 11) is 0. The molecular weight excluding hydrogens is 256 g/mol. The van der Waals surface area contributed by atoms with Crippen LogP contribution < -0.4 is 5.32 Å². The normalized spacial score (nSPS) is 18.4. The van der Waals surface area contributed by atoms with Crippen LogP contribution in [0.4, 0.5) is 8.78 Å². The topological polar surface area (TPSA) is 29.1 Å². The fraction of sp³-hybridized carbons (Fsp3) is 0.462. The van der Waals surface area contributed by atoms with Gasteiger partial charge in [-0.2, -0.15) is 11.8 Å². The van der Waals surface area contributed by atoms with E-state index in [9.17, 15) is 13.6 Å². The molecule has 5 heteroatoms. The summed E-state index contributed by atoms with van der Waals surface area (Å²) in [6, 6.07) is 3.82. The van der Waals surface area contributed by atoms with Crippen LogP contribution in [0.25, 0.3) is 0 Å². The van der Waals surface area contributed by atoms with Crippen molar-refractivity contribution < 1.29 is 13.6 Å². The summed E-state index contributed by atoms with van der Waals surface area (Å²) in [4.78, 5) is 11.4. The lowest BCUT2D eigenvalue weighted by molar-refractivity contribution is -0.121. The van der Waals surface area contributed by atoms with Gasteiger partial charge in [0.15, 0.2) is 0 Å². The average molecular weight is 271 g/mol. The van der Waals surface area contributed by atoms with E-state index in [1.165, 1.54) is 25.1 Å². The number of rotatable bonds is 2. The molecule has 1 heterocycles. The second-order valence-electron chi connectivity index (χ2n) is 4.47. The Kier molecular flexibility index (Phi) is 3.90. The zero-order valence-corrected chi connectivity index (χ0v) is 10.9. The number of carbonyl (C=O) groups is 1. The van der Waals surface area contributed by atoms with Crippen LogP contribution in [0.1, 0.15) is 25.3 Å². The molecule has 0 unspecified atom stereocenters. The van der Waals surface area contributed by atoms with Crippen molar-refractivity contribution in [2.45, 2.75) is 25.3 Å². The monoisotopic (exact) mass is 271 g/mol. The highest BCUT2D eigenvalue weighted by Crippen LogP contribution is 2.38. The quantitative estimate of drug-likeness (QED) is 0.896. The minimum atomic E-state index is -0.896. The van der Waals surface area contributed by atoms with Gasteiger partial charge >= 0.3 is 0 Å². The Morgan fingerprint density at radius 1 is 1.28 bits per heavy atom. The fourth-order valence-electron chi connectivity index (χ4n) is 2.45. The number of hydrogen-bond acceptors (Lipinski definition) is 2. The van der Waals surface area contributed by atoms with Crippen LogP contribution in [0.5, 0.6) is 0 Å². The molecule has 1 saturated heterocycles. The highest BCUT2D eigenvalue weighted by Gasteiger charge is 2.39. The van der Waals surface area contributed by atoms with Crippen LogP contribution in [0.3, 0.4) is 0 Å². The zero-order valence-electron chi connectivity index (χ0n) is 10.1. The summed E-state index contributed by atoms with van der Waals surface area (Å²) < 4.78 is 27.9. The van der Waals surface area contributed by atoms with E-state index in [1.807, 2.05) is 0 Å². The molecule has 0 radical (unpaired) electrons. The molecule has 0 atom stereocenters. The van der Waals surface area contributed by atoms with E-state index >= 15 is 0 Å². The maximum Gasteiger partial charge on any atom is 0.217 e.